The molecule has 1 N–H and O–H groups in total. The van der Waals surface area contributed by atoms with E-state index in [4.69, 9.17) is 4.74 Å². The minimum Gasteiger partial charge on any atom is -0.494 e. The van der Waals surface area contributed by atoms with Gasteiger partial charge in [0.2, 0.25) is 0 Å². The second-order valence-electron chi connectivity index (χ2n) is 7.80. The van der Waals surface area contributed by atoms with Crippen molar-refractivity contribution in [1.82, 2.24) is 9.72 Å². The molecule has 31 heavy (non-hydrogen) atoms. The molecule has 0 saturated heterocycles. The van der Waals surface area contributed by atoms with Crippen LogP contribution >= 0.6 is 0 Å². The molecule has 0 saturated carbocycles. The molecule has 1 aliphatic carbocycles. The van der Waals surface area contributed by atoms with E-state index in [-0.39, 0.29) is 0 Å². The molecule has 160 valence electrons. The number of allylic oxidation sites excluding steroid dienone is 1. The van der Waals surface area contributed by atoms with Gasteiger partial charge in [-0.15, -0.1) is 0 Å². The molecule has 1 aliphatic rings. The summed E-state index contributed by atoms with van der Waals surface area (Å²) >= 11 is 0. The smallest absolute Gasteiger partial charge is 0.294 e. The lowest BCUT2D eigenvalue weighted by Crippen LogP contribution is -2.33. The maximum absolute atomic E-state index is 13.2. The van der Waals surface area contributed by atoms with E-state index in [1.807, 2.05) is 61.7 Å². The number of hydrogen-bond acceptors (Lipinski definition) is 3. The maximum Gasteiger partial charge on any atom is 0.294 e. The lowest BCUT2D eigenvalue weighted by atomic mass is 9.97. The Morgan fingerprint density at radius 3 is 2.68 bits per heavy atom. The molecule has 3 aromatic rings. The van der Waals surface area contributed by atoms with Crippen LogP contribution in [0.5, 0.6) is 5.75 Å². The number of benzene rings is 1. The fourth-order valence-corrected chi connectivity index (χ4v) is 4.13. The third kappa shape index (κ3) is 4.71. The van der Waals surface area contributed by atoms with Crippen LogP contribution in [0.3, 0.4) is 0 Å². The Balaban J connectivity index is 1.58. The summed E-state index contributed by atoms with van der Waals surface area (Å²) in [5, 5.41) is 2.82. The molecule has 2 aromatic heterocycles. The highest BCUT2D eigenvalue weighted by Crippen LogP contribution is 2.30. The van der Waals surface area contributed by atoms with Gasteiger partial charge in [-0.3, -0.25) is 9.59 Å². The summed E-state index contributed by atoms with van der Waals surface area (Å²) in [6.45, 7) is 3.02. The number of aromatic nitrogens is 1. The molecule has 1 amide bonds. The van der Waals surface area contributed by atoms with Crippen LogP contribution in [-0.2, 0) is 4.79 Å². The lowest BCUT2D eigenvalue weighted by molar-refractivity contribution is -0.117. The first kappa shape index (κ1) is 20.9. The highest BCUT2D eigenvalue weighted by atomic mass is 16.5. The second kappa shape index (κ2) is 9.65. The van der Waals surface area contributed by atoms with E-state index in [1.165, 1.54) is 18.4 Å². The molecule has 5 heteroatoms. The Kier molecular flexibility index (Phi) is 6.51. The minimum absolute atomic E-state index is 0.383. The van der Waals surface area contributed by atoms with Crippen molar-refractivity contribution in [3.05, 3.63) is 72.1 Å². The average molecular weight is 417 g/mol. The lowest BCUT2D eigenvalue weighted by Gasteiger charge is -2.13. The van der Waals surface area contributed by atoms with Gasteiger partial charge in [-0.05, 0) is 74.9 Å². The predicted molar refractivity (Wildman–Crippen MR) is 123 cm³/mol. The van der Waals surface area contributed by atoms with Crippen molar-refractivity contribution < 1.29 is 14.3 Å². The van der Waals surface area contributed by atoms with E-state index >= 15 is 0 Å². The summed E-state index contributed by atoms with van der Waals surface area (Å²) in [4.78, 5) is 25.9. The van der Waals surface area contributed by atoms with E-state index in [1.54, 1.807) is 4.40 Å². The summed E-state index contributed by atoms with van der Waals surface area (Å²) < 4.78 is 7.31. The number of carbonyl (C=O) groups excluding carboxylic acids is 2. The standard InChI is InChI=1S/C26H28N2O3/c1-2-31-22-13-11-20(12-14-22)23-18-21-10-6-7-17-28(21)24(23)25(29)26(30)27-16-15-19-8-4-3-5-9-19/h6-8,10-14,17-18H,2-5,9,15-16H2,1H3,(H,27,30). The number of hydrogen-bond donors (Lipinski definition) is 1. The Bertz CT molecular complexity index is 1110. The summed E-state index contributed by atoms with van der Waals surface area (Å²) in [6, 6.07) is 15.3. The van der Waals surface area contributed by atoms with Crippen LogP contribution in [0.25, 0.3) is 16.6 Å². The predicted octanol–water partition coefficient (Wildman–Crippen LogP) is 5.19. The number of nitrogens with one attached hydrogen (secondary N) is 1. The van der Waals surface area contributed by atoms with Gasteiger partial charge in [-0.25, -0.2) is 0 Å². The van der Waals surface area contributed by atoms with Crippen molar-refractivity contribution in [2.24, 2.45) is 0 Å². The number of amides is 1. The normalized spacial score (nSPS) is 13.6. The summed E-state index contributed by atoms with van der Waals surface area (Å²) in [5.74, 6) is -0.308. The third-order valence-corrected chi connectivity index (χ3v) is 5.69. The highest BCUT2D eigenvalue weighted by molar-refractivity contribution is 6.43. The van der Waals surface area contributed by atoms with Gasteiger partial charge >= 0.3 is 0 Å². The van der Waals surface area contributed by atoms with Crippen molar-refractivity contribution in [2.75, 3.05) is 13.2 Å². The Morgan fingerprint density at radius 2 is 1.94 bits per heavy atom. The molecule has 4 rings (SSSR count). The van der Waals surface area contributed by atoms with Crippen molar-refractivity contribution in [1.29, 1.82) is 0 Å². The monoisotopic (exact) mass is 416 g/mol. The molecule has 0 spiro atoms. The zero-order valence-electron chi connectivity index (χ0n) is 17.9. The van der Waals surface area contributed by atoms with Crippen LogP contribution in [0.1, 0.15) is 49.5 Å². The van der Waals surface area contributed by atoms with Crippen LogP contribution in [0.2, 0.25) is 0 Å². The van der Waals surface area contributed by atoms with Gasteiger partial charge in [0.1, 0.15) is 11.4 Å². The molecule has 0 aliphatic heterocycles. The number of ketones is 1. The summed E-state index contributed by atoms with van der Waals surface area (Å²) in [7, 11) is 0. The van der Waals surface area contributed by atoms with Gasteiger partial charge in [0.25, 0.3) is 11.7 Å². The summed E-state index contributed by atoms with van der Waals surface area (Å²) in [6.07, 6.45) is 9.55. The Morgan fingerprint density at radius 1 is 1.10 bits per heavy atom. The number of ether oxygens (including phenoxy) is 1. The van der Waals surface area contributed by atoms with Gasteiger partial charge in [0.15, 0.2) is 0 Å². The molecule has 0 unspecified atom stereocenters. The van der Waals surface area contributed by atoms with Crippen LogP contribution in [-0.4, -0.2) is 29.2 Å². The van der Waals surface area contributed by atoms with Crippen LogP contribution in [0.15, 0.2) is 66.4 Å². The van der Waals surface area contributed by atoms with Gasteiger partial charge < -0.3 is 14.5 Å². The minimum atomic E-state index is -0.563. The third-order valence-electron chi connectivity index (χ3n) is 5.69. The van der Waals surface area contributed by atoms with E-state index in [9.17, 15) is 9.59 Å². The van der Waals surface area contributed by atoms with Gasteiger partial charge in [0.05, 0.1) is 6.61 Å². The first-order valence-corrected chi connectivity index (χ1v) is 11.0. The first-order chi connectivity index (χ1) is 15.2. The number of pyridine rings is 1. The quantitative estimate of drug-likeness (QED) is 0.312. The SMILES string of the molecule is CCOc1ccc(-c2cc3ccccn3c2C(=O)C(=O)NCCC2=CCCCC2)cc1. The Labute approximate surface area is 182 Å². The highest BCUT2D eigenvalue weighted by Gasteiger charge is 2.24. The molecular weight excluding hydrogens is 388 g/mol. The molecule has 0 atom stereocenters. The fraction of sp³-hybridized carbons (Fsp3) is 0.308. The average Bonchev–Trinajstić information content (AvgIpc) is 3.19. The number of Topliss-reactive ketones (excluding diaryl/α,β-unsaturated/α-hetero) is 1. The molecule has 5 nitrogen and oxygen atoms in total. The van der Waals surface area contributed by atoms with E-state index < -0.39 is 11.7 Å². The zero-order chi connectivity index (χ0) is 21.6. The summed E-state index contributed by atoms with van der Waals surface area (Å²) in [5.41, 5.74) is 4.24. The topological polar surface area (TPSA) is 59.8 Å². The van der Waals surface area contributed by atoms with Gasteiger partial charge in [-0.2, -0.15) is 0 Å². The van der Waals surface area contributed by atoms with Gasteiger partial charge in [0, 0.05) is 23.8 Å². The second-order valence-corrected chi connectivity index (χ2v) is 7.80. The number of carbonyl (C=O) groups is 2. The molecular formula is C26H28N2O3. The molecule has 0 fully saturated rings. The maximum atomic E-state index is 13.2. The fourth-order valence-electron chi connectivity index (χ4n) is 4.13. The zero-order valence-corrected chi connectivity index (χ0v) is 17.9. The van der Waals surface area contributed by atoms with Gasteiger partial charge in [-0.1, -0.05) is 29.8 Å². The van der Waals surface area contributed by atoms with Crippen LogP contribution in [0, 0.1) is 0 Å². The first-order valence-electron chi connectivity index (χ1n) is 11.0. The molecule has 0 bridgehead atoms. The van der Waals surface area contributed by atoms with Crippen molar-refractivity contribution >= 4 is 17.2 Å². The largest absolute Gasteiger partial charge is 0.494 e. The Hall–Kier alpha value is -3.34. The molecule has 1 aromatic carbocycles. The van der Waals surface area contributed by atoms with Crippen molar-refractivity contribution in [2.45, 2.75) is 39.0 Å². The van der Waals surface area contributed by atoms with E-state index in [2.05, 4.69) is 11.4 Å². The van der Waals surface area contributed by atoms with E-state index in [0.717, 1.165) is 41.7 Å². The van der Waals surface area contributed by atoms with Crippen molar-refractivity contribution in [3.8, 4) is 16.9 Å². The van der Waals surface area contributed by atoms with Crippen LogP contribution in [0.4, 0.5) is 0 Å². The molecule has 2 heterocycles. The molecule has 0 radical (unpaired) electrons. The van der Waals surface area contributed by atoms with E-state index in [0.29, 0.717) is 18.8 Å². The number of fused-ring (bicyclic) bond motifs is 1. The number of nitrogens with zero attached hydrogens (tertiary/aromatic N) is 1. The number of rotatable bonds is 8. The van der Waals surface area contributed by atoms with Crippen LogP contribution < -0.4 is 10.1 Å². The van der Waals surface area contributed by atoms with Crippen molar-refractivity contribution in [3.63, 3.8) is 0 Å².